The van der Waals surface area contributed by atoms with Crippen LogP contribution in [0.2, 0.25) is 0 Å². The fraction of sp³-hybridized carbons (Fsp3) is 0.710. The smallest absolute Gasteiger partial charge is 0.276 e. The number of aryl methyl sites for hydroxylation is 1. The number of aliphatic hydroxyl groups excluding tert-OH is 1. The molecule has 5 rings (SSSR count). The third kappa shape index (κ3) is 6.67. The highest BCUT2D eigenvalue weighted by atomic mass is 16.5. The number of nitrogens with one attached hydrogen (secondary N) is 1. The first-order valence-corrected chi connectivity index (χ1v) is 15.4. The number of morpholine rings is 1. The van der Waals surface area contributed by atoms with Crippen LogP contribution >= 0.6 is 0 Å². The molecule has 4 atom stereocenters. The van der Waals surface area contributed by atoms with Crippen molar-refractivity contribution in [2.45, 2.75) is 65.1 Å². The SMILES string of the molecule is COCCCCc1c(C(=O)N(CC(C)C)C2CC23CNC[C@H](C(O)N2CCOCC2)C3)nnn1-c1ccccc1C. The number of para-hydroxylation sites is 1. The van der Waals surface area contributed by atoms with Gasteiger partial charge in [-0.1, -0.05) is 37.3 Å². The van der Waals surface area contributed by atoms with Gasteiger partial charge in [-0.15, -0.1) is 5.10 Å². The maximum Gasteiger partial charge on any atom is 0.276 e. The van der Waals surface area contributed by atoms with Gasteiger partial charge in [0.15, 0.2) is 5.69 Å². The average Bonchev–Trinajstić information content (AvgIpc) is 3.48. The Balaban J connectivity index is 1.38. The number of carbonyl (C=O) groups excluding carboxylic acids is 1. The Morgan fingerprint density at radius 3 is 2.76 bits per heavy atom. The van der Waals surface area contributed by atoms with E-state index < -0.39 is 6.23 Å². The number of benzene rings is 1. The van der Waals surface area contributed by atoms with E-state index in [0.29, 0.717) is 44.4 Å². The zero-order valence-electron chi connectivity index (χ0n) is 25.2. The van der Waals surface area contributed by atoms with Gasteiger partial charge in [0.05, 0.1) is 24.6 Å². The third-order valence-electron chi connectivity index (χ3n) is 9.06. The molecule has 1 spiro atoms. The van der Waals surface area contributed by atoms with E-state index in [4.69, 9.17) is 9.47 Å². The minimum Gasteiger partial charge on any atom is -0.385 e. The normalized spacial score (nSPS) is 25.5. The van der Waals surface area contributed by atoms with Gasteiger partial charge in [0.1, 0.15) is 6.23 Å². The number of piperidine rings is 1. The largest absolute Gasteiger partial charge is 0.385 e. The predicted molar refractivity (Wildman–Crippen MR) is 157 cm³/mol. The molecule has 10 heteroatoms. The molecule has 0 radical (unpaired) electrons. The summed E-state index contributed by atoms with van der Waals surface area (Å²) in [4.78, 5) is 18.6. The second-order valence-electron chi connectivity index (χ2n) is 12.6. The van der Waals surface area contributed by atoms with Crippen molar-refractivity contribution in [1.29, 1.82) is 0 Å². The van der Waals surface area contributed by atoms with Gasteiger partial charge in [-0.2, -0.15) is 0 Å². The molecule has 1 aliphatic carbocycles. The predicted octanol–water partition coefficient (Wildman–Crippen LogP) is 2.66. The molecule has 2 N–H and O–H groups in total. The topological polar surface area (TPSA) is 105 Å². The first kappa shape index (κ1) is 30.1. The molecule has 3 heterocycles. The molecule has 2 saturated heterocycles. The van der Waals surface area contributed by atoms with Crippen LogP contribution in [-0.4, -0.2) is 108 Å². The summed E-state index contributed by atoms with van der Waals surface area (Å²) in [5.74, 6) is 0.415. The minimum atomic E-state index is -0.494. The lowest BCUT2D eigenvalue weighted by Crippen LogP contribution is -2.53. The number of hydrogen-bond acceptors (Lipinski definition) is 8. The van der Waals surface area contributed by atoms with Crippen LogP contribution in [0.15, 0.2) is 24.3 Å². The van der Waals surface area contributed by atoms with E-state index in [2.05, 4.69) is 52.3 Å². The molecule has 3 aliphatic rings. The Morgan fingerprint density at radius 2 is 2.02 bits per heavy atom. The second-order valence-corrected chi connectivity index (χ2v) is 12.6. The van der Waals surface area contributed by atoms with Gasteiger partial charge >= 0.3 is 0 Å². The number of aliphatic hydroxyl groups is 1. The summed E-state index contributed by atoms with van der Waals surface area (Å²) in [6.07, 6.45) is 3.85. The van der Waals surface area contributed by atoms with E-state index in [0.717, 1.165) is 68.8 Å². The molecule has 3 unspecified atom stereocenters. The third-order valence-corrected chi connectivity index (χ3v) is 9.06. The molecule has 10 nitrogen and oxygen atoms in total. The summed E-state index contributed by atoms with van der Waals surface area (Å²) < 4.78 is 12.6. The van der Waals surface area contributed by atoms with Crippen LogP contribution < -0.4 is 5.32 Å². The summed E-state index contributed by atoms with van der Waals surface area (Å²) in [5, 5.41) is 23.9. The highest BCUT2D eigenvalue weighted by Gasteiger charge is 2.60. The Kier molecular flexibility index (Phi) is 9.76. The first-order chi connectivity index (χ1) is 19.8. The molecule has 2 aromatic rings. The molecule has 1 aromatic heterocycles. The van der Waals surface area contributed by atoms with Crippen molar-refractivity contribution < 1.29 is 19.4 Å². The van der Waals surface area contributed by atoms with E-state index in [1.165, 1.54) is 0 Å². The van der Waals surface area contributed by atoms with Gasteiger partial charge in [0.2, 0.25) is 0 Å². The number of amides is 1. The minimum absolute atomic E-state index is 0.0224. The lowest BCUT2D eigenvalue weighted by molar-refractivity contribution is -0.0946. The standard InChI is InChI=1S/C31H48N6O4/c1-22(2)20-36(27-18-31(27)17-24(19-32-21-31)29(38)35-12-15-41-16-13-35)30(39)28-26(11-7-8-14-40-4)37(34-33-28)25-10-6-5-9-23(25)3/h5-6,9-10,22,24,27,29,32,38H,7-8,11-21H2,1-4H3/t24-,27?,29?,31?/m1/s1. The van der Waals surface area contributed by atoms with Crippen LogP contribution in [0.4, 0.5) is 0 Å². The summed E-state index contributed by atoms with van der Waals surface area (Å²) >= 11 is 0. The van der Waals surface area contributed by atoms with E-state index in [1.54, 1.807) is 7.11 Å². The van der Waals surface area contributed by atoms with Gasteiger partial charge < -0.3 is 24.8 Å². The summed E-state index contributed by atoms with van der Waals surface area (Å²) in [6.45, 7) is 12.2. The fourth-order valence-electron chi connectivity index (χ4n) is 6.81. The number of carbonyl (C=O) groups is 1. The van der Waals surface area contributed by atoms with E-state index in [9.17, 15) is 9.90 Å². The lowest BCUT2D eigenvalue weighted by Gasteiger charge is -2.40. The Morgan fingerprint density at radius 1 is 1.24 bits per heavy atom. The van der Waals surface area contributed by atoms with E-state index >= 15 is 0 Å². The maximum atomic E-state index is 14.4. The summed E-state index contributed by atoms with van der Waals surface area (Å²) in [6, 6.07) is 8.22. The maximum absolute atomic E-state index is 14.4. The molecular weight excluding hydrogens is 520 g/mol. The number of hydrogen-bond donors (Lipinski definition) is 2. The van der Waals surface area contributed by atoms with Crippen LogP contribution in [-0.2, 0) is 15.9 Å². The number of rotatable bonds is 12. The monoisotopic (exact) mass is 568 g/mol. The number of nitrogens with zero attached hydrogens (tertiary/aromatic N) is 5. The second kappa shape index (κ2) is 13.3. The number of aromatic nitrogens is 3. The quantitative estimate of drug-likeness (QED) is 0.377. The molecule has 0 bridgehead atoms. The molecule has 1 saturated carbocycles. The molecule has 1 aromatic carbocycles. The van der Waals surface area contributed by atoms with Gasteiger partial charge in [0, 0.05) is 63.8 Å². The first-order valence-electron chi connectivity index (χ1n) is 15.4. The highest BCUT2D eigenvalue weighted by molar-refractivity contribution is 5.94. The van der Waals surface area contributed by atoms with Crippen molar-refractivity contribution >= 4 is 5.91 Å². The van der Waals surface area contributed by atoms with Crippen molar-refractivity contribution in [2.75, 3.05) is 59.7 Å². The van der Waals surface area contributed by atoms with Crippen molar-refractivity contribution in [3.8, 4) is 5.69 Å². The number of ether oxygens (including phenoxy) is 2. The Labute approximate surface area is 244 Å². The van der Waals surface area contributed by atoms with Crippen LogP contribution in [0.25, 0.3) is 5.69 Å². The molecular formula is C31H48N6O4. The van der Waals surface area contributed by atoms with Crippen molar-refractivity contribution in [3.63, 3.8) is 0 Å². The van der Waals surface area contributed by atoms with Gasteiger partial charge in [0.25, 0.3) is 5.91 Å². The average molecular weight is 569 g/mol. The Bertz CT molecular complexity index is 1170. The van der Waals surface area contributed by atoms with Gasteiger partial charge in [-0.05, 0) is 56.6 Å². The molecule has 1 amide bonds. The zero-order chi connectivity index (χ0) is 29.0. The van der Waals surface area contributed by atoms with Crippen LogP contribution in [0.1, 0.15) is 61.3 Å². The van der Waals surface area contributed by atoms with Crippen LogP contribution in [0.3, 0.4) is 0 Å². The summed E-state index contributed by atoms with van der Waals surface area (Å²) in [5.41, 5.74) is 3.35. The molecule has 226 valence electrons. The highest BCUT2D eigenvalue weighted by Crippen LogP contribution is 2.55. The Hall–Kier alpha value is -2.37. The molecule has 2 aliphatic heterocycles. The van der Waals surface area contributed by atoms with E-state index in [-0.39, 0.29) is 23.3 Å². The fourth-order valence-corrected chi connectivity index (χ4v) is 6.81. The zero-order valence-corrected chi connectivity index (χ0v) is 25.2. The van der Waals surface area contributed by atoms with Crippen LogP contribution in [0, 0.1) is 24.2 Å². The summed E-state index contributed by atoms with van der Waals surface area (Å²) in [7, 11) is 1.72. The van der Waals surface area contributed by atoms with Crippen molar-refractivity contribution in [3.05, 3.63) is 41.2 Å². The number of unbranched alkanes of at least 4 members (excludes halogenated alkanes) is 1. The van der Waals surface area contributed by atoms with Gasteiger partial charge in [-0.3, -0.25) is 9.69 Å². The molecule has 41 heavy (non-hydrogen) atoms. The van der Waals surface area contributed by atoms with Crippen molar-refractivity contribution in [1.82, 2.24) is 30.1 Å². The lowest BCUT2D eigenvalue weighted by atomic mass is 9.85. The number of methoxy groups -OCH3 is 1. The molecule has 3 fully saturated rings. The van der Waals surface area contributed by atoms with Crippen LogP contribution in [0.5, 0.6) is 0 Å². The van der Waals surface area contributed by atoms with E-state index in [1.807, 2.05) is 22.9 Å². The van der Waals surface area contributed by atoms with Gasteiger partial charge in [-0.25, -0.2) is 4.68 Å². The van der Waals surface area contributed by atoms with Crippen molar-refractivity contribution in [2.24, 2.45) is 17.3 Å².